The second-order valence-electron chi connectivity index (χ2n) is 5.94. The highest BCUT2D eigenvalue weighted by atomic mass is 19.1. The third kappa shape index (κ3) is 5.97. The molecule has 0 fully saturated rings. The molecule has 2 aromatic carbocycles. The van der Waals surface area contributed by atoms with Gasteiger partial charge in [-0.15, -0.1) is 0 Å². The van der Waals surface area contributed by atoms with E-state index >= 15 is 0 Å². The second kappa shape index (κ2) is 8.99. The number of hydrogen-bond donors (Lipinski definition) is 0. The minimum Gasteiger partial charge on any atom is -0.334 e. The number of likely N-dealkylation sites (N-methyl/N-ethyl adjacent to an activating group) is 1. The van der Waals surface area contributed by atoms with Crippen LogP contribution in [-0.4, -0.2) is 42.9 Å². The molecule has 3 nitrogen and oxygen atoms in total. The van der Waals surface area contributed by atoms with E-state index in [9.17, 15) is 9.18 Å². The largest absolute Gasteiger partial charge is 0.334 e. The van der Waals surface area contributed by atoms with Crippen molar-refractivity contribution >= 4 is 12.0 Å². The van der Waals surface area contributed by atoms with E-state index in [-0.39, 0.29) is 11.7 Å². The van der Waals surface area contributed by atoms with Crippen molar-refractivity contribution in [1.82, 2.24) is 9.80 Å². The Balaban J connectivity index is 2.08. The Morgan fingerprint density at radius 3 is 2.46 bits per heavy atom. The van der Waals surface area contributed by atoms with E-state index in [1.54, 1.807) is 23.1 Å². The molecule has 0 heterocycles. The van der Waals surface area contributed by atoms with E-state index in [0.717, 1.165) is 12.1 Å². The third-order valence-corrected chi connectivity index (χ3v) is 3.61. The zero-order chi connectivity index (χ0) is 17.4. The van der Waals surface area contributed by atoms with Crippen molar-refractivity contribution < 1.29 is 9.18 Å². The summed E-state index contributed by atoms with van der Waals surface area (Å²) in [5.74, 6) is -0.386. The molecular weight excluding hydrogens is 303 g/mol. The molecule has 0 saturated carbocycles. The molecule has 0 bridgehead atoms. The highest BCUT2D eigenvalue weighted by molar-refractivity contribution is 5.91. The third-order valence-electron chi connectivity index (χ3n) is 3.61. The van der Waals surface area contributed by atoms with Crippen LogP contribution < -0.4 is 0 Å². The summed E-state index contributed by atoms with van der Waals surface area (Å²) in [7, 11) is 3.96. The molecule has 1 amide bonds. The average Bonchev–Trinajstić information content (AvgIpc) is 2.57. The maximum absolute atomic E-state index is 13.2. The summed E-state index contributed by atoms with van der Waals surface area (Å²) in [6, 6.07) is 16.1. The van der Waals surface area contributed by atoms with Crippen LogP contribution in [0.2, 0.25) is 0 Å². The maximum atomic E-state index is 13.2. The molecule has 0 unspecified atom stereocenters. The lowest BCUT2D eigenvalue weighted by Gasteiger charge is -2.23. The van der Waals surface area contributed by atoms with Gasteiger partial charge < -0.3 is 9.80 Å². The Bertz CT molecular complexity index is 683. The fourth-order valence-electron chi connectivity index (χ4n) is 2.27. The van der Waals surface area contributed by atoms with Gasteiger partial charge in [0.15, 0.2) is 0 Å². The maximum Gasteiger partial charge on any atom is 0.246 e. The highest BCUT2D eigenvalue weighted by Gasteiger charge is 2.11. The average molecular weight is 326 g/mol. The molecule has 0 N–H and O–H groups in total. The number of halogens is 1. The van der Waals surface area contributed by atoms with Crippen LogP contribution in [-0.2, 0) is 11.3 Å². The standard InChI is InChI=1S/C20H23FN2O/c1-22(2)13-14-23(16-18-7-4-3-5-8-18)20(24)12-11-17-9-6-10-19(21)15-17/h3-12,15H,13-14,16H2,1-2H3/b12-11+. The van der Waals surface area contributed by atoms with Gasteiger partial charge in [-0.3, -0.25) is 4.79 Å². The lowest BCUT2D eigenvalue weighted by atomic mass is 10.2. The summed E-state index contributed by atoms with van der Waals surface area (Å²) in [6.07, 6.45) is 3.16. The lowest BCUT2D eigenvalue weighted by molar-refractivity contribution is -0.126. The van der Waals surface area contributed by atoms with Crippen molar-refractivity contribution in [2.75, 3.05) is 27.2 Å². The summed E-state index contributed by atoms with van der Waals surface area (Å²) in [5, 5.41) is 0. The second-order valence-corrected chi connectivity index (χ2v) is 5.94. The molecule has 24 heavy (non-hydrogen) atoms. The van der Waals surface area contributed by atoms with Crippen molar-refractivity contribution in [3.63, 3.8) is 0 Å². The molecule has 0 spiro atoms. The van der Waals surface area contributed by atoms with Crippen molar-refractivity contribution in [2.24, 2.45) is 0 Å². The lowest BCUT2D eigenvalue weighted by Crippen LogP contribution is -2.35. The predicted molar refractivity (Wildman–Crippen MR) is 95.8 cm³/mol. The van der Waals surface area contributed by atoms with Gasteiger partial charge in [-0.1, -0.05) is 42.5 Å². The highest BCUT2D eigenvalue weighted by Crippen LogP contribution is 2.08. The van der Waals surface area contributed by atoms with E-state index in [4.69, 9.17) is 0 Å². The summed E-state index contributed by atoms with van der Waals surface area (Å²) in [5.41, 5.74) is 1.76. The number of amides is 1. The zero-order valence-electron chi connectivity index (χ0n) is 14.2. The topological polar surface area (TPSA) is 23.6 Å². The zero-order valence-corrected chi connectivity index (χ0v) is 14.2. The minimum absolute atomic E-state index is 0.0787. The first kappa shape index (κ1) is 17.9. The fourth-order valence-corrected chi connectivity index (χ4v) is 2.27. The Kier molecular flexibility index (Phi) is 6.70. The number of nitrogens with zero attached hydrogens (tertiary/aromatic N) is 2. The Labute approximate surface area is 143 Å². The van der Waals surface area contributed by atoms with E-state index in [1.807, 2.05) is 49.3 Å². The first-order chi connectivity index (χ1) is 11.5. The van der Waals surface area contributed by atoms with Gasteiger partial charge in [-0.05, 0) is 43.4 Å². The SMILES string of the molecule is CN(C)CCN(Cc1ccccc1)C(=O)/C=C/c1cccc(F)c1. The summed E-state index contributed by atoms with van der Waals surface area (Å²) < 4.78 is 13.2. The predicted octanol–water partition coefficient (Wildman–Crippen LogP) is 3.43. The Hall–Kier alpha value is -2.46. The number of carbonyl (C=O) groups is 1. The molecule has 0 radical (unpaired) electrons. The van der Waals surface area contributed by atoms with Gasteiger partial charge in [0.05, 0.1) is 0 Å². The van der Waals surface area contributed by atoms with E-state index in [2.05, 4.69) is 0 Å². The first-order valence-electron chi connectivity index (χ1n) is 7.96. The molecule has 0 aromatic heterocycles. The molecule has 2 rings (SSSR count). The minimum atomic E-state index is -0.307. The molecule has 0 aliphatic carbocycles. The summed E-state index contributed by atoms with van der Waals surface area (Å²) in [4.78, 5) is 16.4. The normalized spacial score (nSPS) is 11.2. The fraction of sp³-hybridized carbons (Fsp3) is 0.250. The van der Waals surface area contributed by atoms with Gasteiger partial charge in [0.2, 0.25) is 5.91 Å². The molecule has 2 aromatic rings. The van der Waals surface area contributed by atoms with Gasteiger partial charge in [-0.2, -0.15) is 0 Å². The molecule has 0 aliphatic rings. The molecule has 0 atom stereocenters. The van der Waals surface area contributed by atoms with Crippen LogP contribution in [0.25, 0.3) is 6.08 Å². The van der Waals surface area contributed by atoms with Crippen LogP contribution >= 0.6 is 0 Å². The van der Waals surface area contributed by atoms with Crippen LogP contribution in [0.15, 0.2) is 60.7 Å². The van der Waals surface area contributed by atoms with Crippen molar-refractivity contribution in [2.45, 2.75) is 6.54 Å². The quantitative estimate of drug-likeness (QED) is 0.728. The molecule has 4 heteroatoms. The van der Waals surface area contributed by atoms with Crippen LogP contribution in [0.1, 0.15) is 11.1 Å². The Morgan fingerprint density at radius 1 is 1.04 bits per heavy atom. The Morgan fingerprint density at radius 2 is 1.79 bits per heavy atom. The van der Waals surface area contributed by atoms with Crippen LogP contribution in [0, 0.1) is 5.82 Å². The number of carbonyl (C=O) groups excluding carboxylic acids is 1. The van der Waals surface area contributed by atoms with Gasteiger partial charge in [0.25, 0.3) is 0 Å². The monoisotopic (exact) mass is 326 g/mol. The van der Waals surface area contributed by atoms with Crippen LogP contribution in [0.5, 0.6) is 0 Å². The smallest absolute Gasteiger partial charge is 0.246 e. The van der Waals surface area contributed by atoms with Gasteiger partial charge >= 0.3 is 0 Å². The van der Waals surface area contributed by atoms with Gasteiger partial charge in [0.1, 0.15) is 5.82 Å². The summed E-state index contributed by atoms with van der Waals surface area (Å²) in [6.45, 7) is 1.97. The number of rotatable bonds is 7. The van der Waals surface area contributed by atoms with E-state index in [1.165, 1.54) is 18.2 Å². The number of hydrogen-bond acceptors (Lipinski definition) is 2. The van der Waals surface area contributed by atoms with Crippen molar-refractivity contribution in [1.29, 1.82) is 0 Å². The van der Waals surface area contributed by atoms with Gasteiger partial charge in [-0.25, -0.2) is 4.39 Å². The molecule has 0 aliphatic heterocycles. The molecule has 126 valence electrons. The van der Waals surface area contributed by atoms with Crippen LogP contribution in [0.4, 0.5) is 4.39 Å². The number of benzene rings is 2. The van der Waals surface area contributed by atoms with Crippen LogP contribution in [0.3, 0.4) is 0 Å². The van der Waals surface area contributed by atoms with E-state index in [0.29, 0.717) is 18.7 Å². The van der Waals surface area contributed by atoms with Crippen molar-refractivity contribution in [3.8, 4) is 0 Å². The molecule has 0 saturated heterocycles. The summed E-state index contributed by atoms with van der Waals surface area (Å²) >= 11 is 0. The van der Waals surface area contributed by atoms with Crippen molar-refractivity contribution in [3.05, 3.63) is 77.6 Å². The first-order valence-corrected chi connectivity index (χ1v) is 7.96. The molecular formula is C20H23FN2O. The van der Waals surface area contributed by atoms with Gasteiger partial charge in [0, 0.05) is 25.7 Å². The van der Waals surface area contributed by atoms with E-state index < -0.39 is 0 Å².